The van der Waals surface area contributed by atoms with Crippen LogP contribution >= 0.6 is 0 Å². The highest BCUT2D eigenvalue weighted by Gasteiger charge is 2.15. The van der Waals surface area contributed by atoms with Gasteiger partial charge in [-0.15, -0.1) is 0 Å². The Bertz CT molecular complexity index is 551. The molecule has 19 heavy (non-hydrogen) atoms. The minimum atomic E-state index is 0.713. The van der Waals surface area contributed by atoms with Crippen LogP contribution in [0.4, 0.5) is 0 Å². The van der Waals surface area contributed by atoms with Crippen molar-refractivity contribution in [2.45, 2.75) is 6.92 Å². The lowest BCUT2D eigenvalue weighted by Crippen LogP contribution is -1.95. The number of ether oxygens (including phenoxy) is 3. The highest BCUT2D eigenvalue weighted by molar-refractivity contribution is 5.78. The van der Waals surface area contributed by atoms with Crippen LogP contribution in [0, 0.1) is 6.92 Å². The highest BCUT2D eigenvalue weighted by Crippen LogP contribution is 2.41. The molecule has 3 heteroatoms. The number of methoxy groups -OCH3 is 3. The topological polar surface area (TPSA) is 27.7 Å². The predicted octanol–water partition coefficient (Wildman–Crippen LogP) is 3.69. The van der Waals surface area contributed by atoms with E-state index in [2.05, 4.69) is 19.1 Å². The Morgan fingerprint density at radius 2 is 1.42 bits per heavy atom. The van der Waals surface area contributed by atoms with Crippen LogP contribution in [0.3, 0.4) is 0 Å². The summed E-state index contributed by atoms with van der Waals surface area (Å²) in [5.41, 5.74) is 3.20. The number of benzene rings is 2. The molecule has 0 heterocycles. The molecule has 0 aromatic heterocycles. The Hall–Kier alpha value is -2.16. The minimum Gasteiger partial charge on any atom is -0.496 e. The van der Waals surface area contributed by atoms with E-state index in [-0.39, 0.29) is 0 Å². The monoisotopic (exact) mass is 258 g/mol. The summed E-state index contributed by atoms with van der Waals surface area (Å²) in [4.78, 5) is 0. The van der Waals surface area contributed by atoms with Crippen LogP contribution in [0.15, 0.2) is 36.4 Å². The Labute approximate surface area is 113 Å². The highest BCUT2D eigenvalue weighted by atomic mass is 16.5. The van der Waals surface area contributed by atoms with Crippen LogP contribution in [0.5, 0.6) is 17.2 Å². The molecule has 0 amide bonds. The van der Waals surface area contributed by atoms with E-state index in [4.69, 9.17) is 14.2 Å². The van der Waals surface area contributed by atoms with Gasteiger partial charge in [-0.3, -0.25) is 0 Å². The zero-order valence-corrected chi connectivity index (χ0v) is 11.7. The largest absolute Gasteiger partial charge is 0.496 e. The molecule has 0 aliphatic rings. The summed E-state index contributed by atoms with van der Waals surface area (Å²) >= 11 is 0. The van der Waals surface area contributed by atoms with Crippen molar-refractivity contribution in [3.8, 4) is 28.4 Å². The predicted molar refractivity (Wildman–Crippen MR) is 76.3 cm³/mol. The van der Waals surface area contributed by atoms with Gasteiger partial charge in [0.15, 0.2) is 0 Å². The molecule has 100 valence electrons. The van der Waals surface area contributed by atoms with E-state index in [1.54, 1.807) is 21.3 Å². The fourth-order valence-electron chi connectivity index (χ4n) is 2.09. The number of rotatable bonds is 4. The zero-order valence-electron chi connectivity index (χ0n) is 11.7. The quantitative estimate of drug-likeness (QED) is 0.837. The van der Waals surface area contributed by atoms with E-state index in [0.29, 0.717) is 5.75 Å². The fraction of sp³-hybridized carbons (Fsp3) is 0.250. The maximum absolute atomic E-state index is 5.46. The summed E-state index contributed by atoms with van der Waals surface area (Å²) in [6.07, 6.45) is 0. The van der Waals surface area contributed by atoms with Gasteiger partial charge in [0, 0.05) is 12.1 Å². The second-order valence-electron chi connectivity index (χ2n) is 4.28. The van der Waals surface area contributed by atoms with Crippen LogP contribution in [0.2, 0.25) is 0 Å². The molecular formula is C16H18O3. The molecular weight excluding hydrogens is 240 g/mol. The van der Waals surface area contributed by atoms with Crippen molar-refractivity contribution in [1.82, 2.24) is 0 Å². The average molecular weight is 258 g/mol. The van der Waals surface area contributed by atoms with Crippen molar-refractivity contribution in [2.24, 2.45) is 0 Å². The van der Waals surface area contributed by atoms with Crippen molar-refractivity contribution >= 4 is 0 Å². The molecule has 0 atom stereocenters. The number of hydrogen-bond acceptors (Lipinski definition) is 3. The second kappa shape index (κ2) is 5.65. The molecule has 0 radical (unpaired) electrons. The minimum absolute atomic E-state index is 0.713. The first-order valence-electron chi connectivity index (χ1n) is 6.06. The Morgan fingerprint density at radius 3 is 1.89 bits per heavy atom. The molecule has 2 aromatic carbocycles. The lowest BCUT2D eigenvalue weighted by atomic mass is 10.0. The van der Waals surface area contributed by atoms with E-state index >= 15 is 0 Å². The van der Waals surface area contributed by atoms with Crippen molar-refractivity contribution in [1.29, 1.82) is 0 Å². The normalized spacial score (nSPS) is 10.1. The first-order chi connectivity index (χ1) is 9.19. The van der Waals surface area contributed by atoms with Gasteiger partial charge in [-0.05, 0) is 12.5 Å². The average Bonchev–Trinajstić information content (AvgIpc) is 2.45. The van der Waals surface area contributed by atoms with Gasteiger partial charge in [0.05, 0.1) is 26.9 Å². The number of hydrogen-bond donors (Lipinski definition) is 0. The summed E-state index contributed by atoms with van der Waals surface area (Å²) in [5, 5.41) is 0. The maximum Gasteiger partial charge on any atom is 0.134 e. The molecule has 0 saturated heterocycles. The summed E-state index contributed by atoms with van der Waals surface area (Å²) < 4.78 is 16.2. The summed E-state index contributed by atoms with van der Waals surface area (Å²) in [6.45, 7) is 2.06. The lowest BCUT2D eigenvalue weighted by Gasteiger charge is -2.15. The molecule has 2 aromatic rings. The smallest absolute Gasteiger partial charge is 0.134 e. The molecule has 0 spiro atoms. The number of aryl methyl sites for hydroxylation is 1. The third-order valence-corrected chi connectivity index (χ3v) is 3.02. The van der Waals surface area contributed by atoms with E-state index in [1.807, 2.05) is 24.3 Å². The SMILES string of the molecule is COc1cc(OC)c(-c2cccc(C)c2)c(OC)c1. The third kappa shape index (κ3) is 2.65. The van der Waals surface area contributed by atoms with Crippen LogP contribution in [0.1, 0.15) is 5.56 Å². The van der Waals surface area contributed by atoms with E-state index in [9.17, 15) is 0 Å². The van der Waals surface area contributed by atoms with Gasteiger partial charge in [-0.2, -0.15) is 0 Å². The van der Waals surface area contributed by atoms with E-state index in [1.165, 1.54) is 5.56 Å². The maximum atomic E-state index is 5.46. The lowest BCUT2D eigenvalue weighted by molar-refractivity contribution is 0.377. The molecule has 0 fully saturated rings. The van der Waals surface area contributed by atoms with E-state index < -0.39 is 0 Å². The molecule has 0 saturated carbocycles. The van der Waals surface area contributed by atoms with Crippen LogP contribution < -0.4 is 14.2 Å². The second-order valence-corrected chi connectivity index (χ2v) is 4.28. The van der Waals surface area contributed by atoms with Gasteiger partial charge >= 0.3 is 0 Å². The van der Waals surface area contributed by atoms with Gasteiger partial charge in [-0.1, -0.05) is 29.8 Å². The van der Waals surface area contributed by atoms with Gasteiger partial charge in [0.2, 0.25) is 0 Å². The van der Waals surface area contributed by atoms with Gasteiger partial charge < -0.3 is 14.2 Å². The van der Waals surface area contributed by atoms with Crippen LogP contribution in [0.25, 0.3) is 11.1 Å². The molecule has 0 bridgehead atoms. The first kappa shape index (κ1) is 13.3. The molecule has 2 rings (SSSR count). The summed E-state index contributed by atoms with van der Waals surface area (Å²) in [6, 6.07) is 12.0. The van der Waals surface area contributed by atoms with E-state index in [0.717, 1.165) is 22.6 Å². The van der Waals surface area contributed by atoms with Crippen LogP contribution in [-0.2, 0) is 0 Å². The molecule has 0 unspecified atom stereocenters. The van der Waals surface area contributed by atoms with Crippen LogP contribution in [-0.4, -0.2) is 21.3 Å². The van der Waals surface area contributed by atoms with Gasteiger partial charge in [0.25, 0.3) is 0 Å². The molecule has 3 nitrogen and oxygen atoms in total. The zero-order chi connectivity index (χ0) is 13.8. The van der Waals surface area contributed by atoms with Crippen molar-refractivity contribution in [3.05, 3.63) is 42.0 Å². The molecule has 0 aliphatic heterocycles. The molecule has 0 aliphatic carbocycles. The first-order valence-corrected chi connectivity index (χ1v) is 6.06. The fourth-order valence-corrected chi connectivity index (χ4v) is 2.09. The Kier molecular flexibility index (Phi) is 3.95. The van der Waals surface area contributed by atoms with Gasteiger partial charge in [0.1, 0.15) is 17.2 Å². The van der Waals surface area contributed by atoms with Gasteiger partial charge in [-0.25, -0.2) is 0 Å². The Morgan fingerprint density at radius 1 is 0.789 bits per heavy atom. The molecule has 0 N–H and O–H groups in total. The summed E-state index contributed by atoms with van der Waals surface area (Å²) in [7, 11) is 4.92. The third-order valence-electron chi connectivity index (χ3n) is 3.02. The standard InChI is InChI=1S/C16H18O3/c1-11-6-5-7-12(8-11)16-14(18-3)9-13(17-2)10-15(16)19-4/h5-10H,1-4H3. The van der Waals surface area contributed by atoms with Crippen molar-refractivity contribution in [3.63, 3.8) is 0 Å². The van der Waals surface area contributed by atoms with Crippen molar-refractivity contribution in [2.75, 3.05) is 21.3 Å². The summed E-state index contributed by atoms with van der Waals surface area (Å²) in [5.74, 6) is 2.19. The Balaban J connectivity index is 2.66. The van der Waals surface area contributed by atoms with Crippen molar-refractivity contribution < 1.29 is 14.2 Å².